The molecular formula is C25H36N4O4. The fourth-order valence-corrected chi connectivity index (χ4v) is 4.59. The first-order valence-corrected chi connectivity index (χ1v) is 12.0. The number of carbonyl (C=O) groups is 3. The summed E-state index contributed by atoms with van der Waals surface area (Å²) in [5, 5.41) is 8.81. The van der Waals surface area contributed by atoms with Crippen molar-refractivity contribution >= 4 is 17.9 Å². The first kappa shape index (κ1) is 24.8. The highest BCUT2D eigenvalue weighted by Crippen LogP contribution is 2.29. The number of nitrogens with one attached hydrogen (secondary N) is 3. The van der Waals surface area contributed by atoms with E-state index in [0.717, 1.165) is 37.8 Å². The lowest BCUT2D eigenvalue weighted by Gasteiger charge is -2.35. The standard InChI is InChI=1S/C25H36N4O4/c1-4-10-17(3)26-23(30)19-13-9-14-29(15-19)16-20-21(24(31)33-5-2)22(28-25(32)27-20)18-11-7-6-8-12-18/h6-8,11-12,17,19,22H,4-5,9-10,13-16H2,1-3H3,(H,26,30)(H2,27,28,32). The Morgan fingerprint density at radius 3 is 2.70 bits per heavy atom. The minimum Gasteiger partial charge on any atom is -0.463 e. The lowest BCUT2D eigenvalue weighted by atomic mass is 9.93. The van der Waals surface area contributed by atoms with Crippen molar-refractivity contribution in [2.75, 3.05) is 26.2 Å². The first-order chi connectivity index (χ1) is 15.9. The lowest BCUT2D eigenvalue weighted by Crippen LogP contribution is -2.50. The van der Waals surface area contributed by atoms with Gasteiger partial charge in [-0.3, -0.25) is 9.69 Å². The molecule has 33 heavy (non-hydrogen) atoms. The number of nitrogens with zero attached hydrogens (tertiary/aromatic N) is 1. The van der Waals surface area contributed by atoms with E-state index in [4.69, 9.17) is 4.74 Å². The summed E-state index contributed by atoms with van der Waals surface area (Å²) < 4.78 is 5.34. The van der Waals surface area contributed by atoms with Crippen LogP contribution in [-0.2, 0) is 14.3 Å². The number of esters is 1. The van der Waals surface area contributed by atoms with Gasteiger partial charge < -0.3 is 20.7 Å². The molecule has 2 aliphatic heterocycles. The molecule has 0 aromatic heterocycles. The van der Waals surface area contributed by atoms with Gasteiger partial charge in [0.1, 0.15) is 0 Å². The highest BCUT2D eigenvalue weighted by atomic mass is 16.5. The Hall–Kier alpha value is -2.87. The van der Waals surface area contributed by atoms with Crippen molar-refractivity contribution in [2.45, 2.75) is 58.5 Å². The second-order valence-corrected chi connectivity index (χ2v) is 8.83. The zero-order valence-corrected chi connectivity index (χ0v) is 19.9. The van der Waals surface area contributed by atoms with E-state index in [1.54, 1.807) is 6.92 Å². The summed E-state index contributed by atoms with van der Waals surface area (Å²) in [7, 11) is 0. The van der Waals surface area contributed by atoms with Crippen LogP contribution in [0.2, 0.25) is 0 Å². The van der Waals surface area contributed by atoms with Crippen molar-refractivity contribution in [2.24, 2.45) is 5.92 Å². The number of hydrogen-bond acceptors (Lipinski definition) is 5. The summed E-state index contributed by atoms with van der Waals surface area (Å²) in [6.07, 6.45) is 3.71. The lowest BCUT2D eigenvalue weighted by molar-refractivity contribution is -0.139. The molecule has 0 spiro atoms. The second-order valence-electron chi connectivity index (χ2n) is 8.83. The third-order valence-corrected chi connectivity index (χ3v) is 6.15. The molecule has 0 bridgehead atoms. The normalized spacial score (nSPS) is 22.2. The third-order valence-electron chi connectivity index (χ3n) is 6.15. The minimum absolute atomic E-state index is 0.0803. The SMILES string of the molecule is CCCC(C)NC(=O)C1CCCN(CC2=C(C(=O)OCC)C(c3ccccc3)NC(=O)N2)C1. The van der Waals surface area contributed by atoms with Gasteiger partial charge in [0.25, 0.3) is 0 Å². The zero-order chi connectivity index (χ0) is 23.8. The predicted octanol–water partition coefficient (Wildman–Crippen LogP) is 2.87. The van der Waals surface area contributed by atoms with E-state index in [9.17, 15) is 14.4 Å². The van der Waals surface area contributed by atoms with Crippen LogP contribution in [0.4, 0.5) is 4.79 Å². The van der Waals surface area contributed by atoms with Crippen molar-refractivity contribution < 1.29 is 19.1 Å². The van der Waals surface area contributed by atoms with Gasteiger partial charge in [0.05, 0.1) is 24.1 Å². The summed E-state index contributed by atoms with van der Waals surface area (Å²) in [6, 6.07) is 8.61. The quantitative estimate of drug-likeness (QED) is 0.496. The molecule has 0 aliphatic carbocycles. The number of ether oxygens (including phenoxy) is 1. The summed E-state index contributed by atoms with van der Waals surface area (Å²) in [6.45, 7) is 7.91. The minimum atomic E-state index is -0.590. The van der Waals surface area contributed by atoms with Gasteiger partial charge in [-0.25, -0.2) is 9.59 Å². The van der Waals surface area contributed by atoms with E-state index in [1.807, 2.05) is 37.3 Å². The van der Waals surface area contributed by atoms with Crippen LogP contribution in [0.5, 0.6) is 0 Å². The van der Waals surface area contributed by atoms with Gasteiger partial charge in [0.2, 0.25) is 5.91 Å². The van der Waals surface area contributed by atoms with Crippen molar-refractivity contribution in [1.82, 2.24) is 20.9 Å². The predicted molar refractivity (Wildman–Crippen MR) is 126 cm³/mol. The Morgan fingerprint density at radius 1 is 1.24 bits per heavy atom. The van der Waals surface area contributed by atoms with Gasteiger partial charge in [-0.15, -0.1) is 0 Å². The number of likely N-dealkylation sites (tertiary alicyclic amines) is 1. The van der Waals surface area contributed by atoms with Crippen LogP contribution < -0.4 is 16.0 Å². The van der Waals surface area contributed by atoms with Gasteiger partial charge in [-0.1, -0.05) is 43.7 Å². The average molecular weight is 457 g/mol. The highest BCUT2D eigenvalue weighted by Gasteiger charge is 2.35. The molecule has 2 aliphatic rings. The van der Waals surface area contributed by atoms with Crippen molar-refractivity contribution in [3.63, 3.8) is 0 Å². The summed E-state index contributed by atoms with van der Waals surface area (Å²) >= 11 is 0. The number of carbonyl (C=O) groups excluding carboxylic acids is 3. The molecule has 2 heterocycles. The molecule has 8 heteroatoms. The smallest absolute Gasteiger partial charge is 0.338 e. The van der Waals surface area contributed by atoms with Crippen molar-refractivity contribution in [3.05, 3.63) is 47.2 Å². The largest absolute Gasteiger partial charge is 0.463 e. The van der Waals surface area contributed by atoms with Gasteiger partial charge in [0.15, 0.2) is 0 Å². The summed E-state index contributed by atoms with van der Waals surface area (Å²) in [4.78, 5) is 40.3. The molecule has 1 saturated heterocycles. The van der Waals surface area contributed by atoms with E-state index in [0.29, 0.717) is 24.4 Å². The third kappa shape index (κ3) is 6.57. The van der Waals surface area contributed by atoms with E-state index in [2.05, 4.69) is 27.8 Å². The molecule has 3 rings (SSSR count). The Kier molecular flexibility index (Phi) is 8.88. The molecule has 8 nitrogen and oxygen atoms in total. The molecule has 1 aromatic carbocycles. The molecule has 0 radical (unpaired) electrons. The average Bonchev–Trinajstić information content (AvgIpc) is 2.79. The monoisotopic (exact) mass is 456 g/mol. The van der Waals surface area contributed by atoms with Crippen LogP contribution in [-0.4, -0.2) is 55.1 Å². The Bertz CT molecular complexity index is 870. The number of amides is 3. The maximum absolute atomic E-state index is 12.9. The number of benzene rings is 1. The van der Waals surface area contributed by atoms with E-state index < -0.39 is 12.0 Å². The maximum Gasteiger partial charge on any atom is 0.338 e. The fraction of sp³-hybridized carbons (Fsp3) is 0.560. The molecule has 0 saturated carbocycles. The van der Waals surface area contributed by atoms with Gasteiger partial charge in [-0.05, 0) is 45.2 Å². The second kappa shape index (κ2) is 11.8. The van der Waals surface area contributed by atoms with Crippen molar-refractivity contribution in [3.8, 4) is 0 Å². The van der Waals surface area contributed by atoms with Crippen LogP contribution in [0.25, 0.3) is 0 Å². The molecule has 3 amide bonds. The molecule has 1 fully saturated rings. The molecule has 3 N–H and O–H groups in total. The van der Waals surface area contributed by atoms with Crippen LogP contribution in [0.1, 0.15) is 58.1 Å². The molecular weight excluding hydrogens is 420 g/mol. The van der Waals surface area contributed by atoms with Crippen LogP contribution >= 0.6 is 0 Å². The van der Waals surface area contributed by atoms with Crippen molar-refractivity contribution in [1.29, 1.82) is 0 Å². The highest BCUT2D eigenvalue weighted by molar-refractivity contribution is 5.95. The molecule has 3 unspecified atom stereocenters. The Labute approximate surface area is 196 Å². The summed E-state index contributed by atoms with van der Waals surface area (Å²) in [5.74, 6) is -0.475. The number of rotatable bonds is 9. The van der Waals surface area contributed by atoms with Gasteiger partial charge in [-0.2, -0.15) is 0 Å². The van der Waals surface area contributed by atoms with E-state index in [-0.39, 0.29) is 30.5 Å². The molecule has 180 valence electrons. The van der Waals surface area contributed by atoms with E-state index >= 15 is 0 Å². The number of urea groups is 1. The maximum atomic E-state index is 12.9. The zero-order valence-electron chi connectivity index (χ0n) is 19.9. The topological polar surface area (TPSA) is 99.8 Å². The van der Waals surface area contributed by atoms with E-state index in [1.165, 1.54) is 0 Å². The van der Waals surface area contributed by atoms with Gasteiger partial charge >= 0.3 is 12.0 Å². The van der Waals surface area contributed by atoms with Crippen LogP contribution in [0.15, 0.2) is 41.6 Å². The Balaban J connectivity index is 1.81. The van der Waals surface area contributed by atoms with Crippen LogP contribution in [0.3, 0.4) is 0 Å². The molecule has 1 aromatic rings. The summed E-state index contributed by atoms with van der Waals surface area (Å²) in [5.41, 5.74) is 1.76. The first-order valence-electron chi connectivity index (χ1n) is 12.0. The molecule has 3 atom stereocenters. The Morgan fingerprint density at radius 2 is 2.00 bits per heavy atom. The van der Waals surface area contributed by atoms with Crippen LogP contribution in [0, 0.1) is 5.92 Å². The van der Waals surface area contributed by atoms with Gasteiger partial charge in [0, 0.05) is 24.8 Å². The number of hydrogen-bond donors (Lipinski definition) is 3. The fourth-order valence-electron chi connectivity index (χ4n) is 4.59. The number of piperidine rings is 1.